The summed E-state index contributed by atoms with van der Waals surface area (Å²) in [5, 5.41) is 1.13. The highest BCUT2D eigenvalue weighted by molar-refractivity contribution is 7.48. The van der Waals surface area contributed by atoms with Gasteiger partial charge in [0.05, 0.1) is 7.11 Å². The fourth-order valence-corrected chi connectivity index (χ4v) is 6.28. The van der Waals surface area contributed by atoms with Crippen molar-refractivity contribution >= 4 is 19.7 Å². The first-order valence-electron chi connectivity index (χ1n) is 11.7. The predicted molar refractivity (Wildman–Crippen MR) is 137 cm³/mol. The van der Waals surface area contributed by atoms with Crippen LogP contribution in [0.2, 0.25) is 0 Å². The van der Waals surface area contributed by atoms with Gasteiger partial charge in [-0.15, -0.1) is 0 Å². The monoisotopic (exact) mass is 440 g/mol. The zero-order chi connectivity index (χ0) is 23.2. The molecule has 0 spiro atoms. The molecule has 2 atom stereocenters. The topological polar surface area (TPSA) is 26.3 Å². The lowest BCUT2D eigenvalue weighted by molar-refractivity contribution is 0.101. The zero-order valence-electron chi connectivity index (χ0n) is 20.8. The van der Waals surface area contributed by atoms with Gasteiger partial charge in [-0.05, 0) is 48.5 Å². The maximum atomic E-state index is 12.4. The van der Waals surface area contributed by atoms with Crippen LogP contribution in [0.1, 0.15) is 101 Å². The summed E-state index contributed by atoms with van der Waals surface area (Å²) in [5.41, 5.74) is 4.78. The molecular formula is C28H41O2P. The van der Waals surface area contributed by atoms with Crippen molar-refractivity contribution in [1.29, 1.82) is 0 Å². The van der Waals surface area contributed by atoms with E-state index in [1.54, 1.807) is 14.0 Å². The Kier molecular flexibility index (Phi) is 8.90. The molecule has 0 saturated carbocycles. The standard InChI is InChI=1S/C28H41O2P/c1-9-11-14-17-28(10-2,31-25-16-13-12-15-23(25)21(4)29)24-19-22(27(5,6)7)18-20(3)26(24)30-8/h12-13,15-16,18-19,31H,9-11,14,17H2,1-8H3. The van der Waals surface area contributed by atoms with Crippen molar-refractivity contribution in [3.8, 4) is 5.75 Å². The van der Waals surface area contributed by atoms with Crippen LogP contribution in [0.3, 0.4) is 0 Å². The second kappa shape index (κ2) is 10.8. The summed E-state index contributed by atoms with van der Waals surface area (Å²) in [6.07, 6.45) is 5.73. The van der Waals surface area contributed by atoms with E-state index in [4.69, 9.17) is 4.74 Å². The van der Waals surface area contributed by atoms with E-state index in [0.717, 1.165) is 24.2 Å². The van der Waals surface area contributed by atoms with Crippen molar-refractivity contribution in [2.45, 2.75) is 91.1 Å². The van der Waals surface area contributed by atoms with Crippen LogP contribution < -0.4 is 10.0 Å². The van der Waals surface area contributed by atoms with E-state index < -0.39 is 0 Å². The Labute approximate surface area is 192 Å². The van der Waals surface area contributed by atoms with E-state index >= 15 is 0 Å². The minimum Gasteiger partial charge on any atom is -0.496 e. The fraction of sp³-hybridized carbons (Fsp3) is 0.536. The number of ether oxygens (including phenoxy) is 1. The van der Waals surface area contributed by atoms with Crippen LogP contribution in [0.4, 0.5) is 0 Å². The van der Waals surface area contributed by atoms with Crippen molar-refractivity contribution in [2.75, 3.05) is 7.11 Å². The molecular weight excluding hydrogens is 399 g/mol. The lowest BCUT2D eigenvalue weighted by Gasteiger charge is -2.37. The third-order valence-corrected chi connectivity index (χ3v) is 8.41. The fourth-order valence-electron chi connectivity index (χ4n) is 4.39. The molecule has 170 valence electrons. The Hall–Kier alpha value is -1.66. The van der Waals surface area contributed by atoms with E-state index in [9.17, 15) is 4.79 Å². The van der Waals surface area contributed by atoms with Crippen molar-refractivity contribution in [3.63, 3.8) is 0 Å². The van der Waals surface area contributed by atoms with Gasteiger partial charge in [0, 0.05) is 16.3 Å². The molecule has 0 saturated heterocycles. The molecule has 2 unspecified atom stereocenters. The number of methoxy groups -OCH3 is 1. The third kappa shape index (κ3) is 5.98. The SMILES string of the molecule is CCCCCC(CC)(Pc1ccccc1C(C)=O)c1cc(C(C)(C)C)cc(C)c1OC. The predicted octanol–water partition coefficient (Wildman–Crippen LogP) is 7.69. The van der Waals surface area contributed by atoms with E-state index in [1.165, 1.54) is 41.3 Å². The Morgan fingerprint density at radius 3 is 2.29 bits per heavy atom. The molecule has 0 aliphatic heterocycles. The van der Waals surface area contributed by atoms with Gasteiger partial charge in [-0.25, -0.2) is 0 Å². The minimum atomic E-state index is -0.0436. The lowest BCUT2D eigenvalue weighted by Crippen LogP contribution is -2.26. The molecule has 3 heteroatoms. The molecule has 0 heterocycles. The van der Waals surface area contributed by atoms with Gasteiger partial charge in [-0.1, -0.05) is 98.9 Å². The summed E-state index contributed by atoms with van der Waals surface area (Å²) < 4.78 is 6.01. The Morgan fingerprint density at radius 1 is 1.06 bits per heavy atom. The molecule has 2 nitrogen and oxygen atoms in total. The van der Waals surface area contributed by atoms with Gasteiger partial charge in [0.25, 0.3) is 0 Å². The van der Waals surface area contributed by atoms with Gasteiger partial charge in [0.1, 0.15) is 5.75 Å². The number of benzene rings is 2. The molecule has 0 fully saturated rings. The molecule has 0 radical (unpaired) electrons. The van der Waals surface area contributed by atoms with E-state index in [-0.39, 0.29) is 16.4 Å². The van der Waals surface area contributed by atoms with E-state index in [2.05, 4.69) is 65.8 Å². The average molecular weight is 441 g/mol. The van der Waals surface area contributed by atoms with Crippen molar-refractivity contribution in [3.05, 3.63) is 58.7 Å². The van der Waals surface area contributed by atoms with Crippen LogP contribution in [0.25, 0.3) is 0 Å². The number of rotatable bonds is 10. The Morgan fingerprint density at radius 2 is 1.74 bits per heavy atom. The molecule has 0 aliphatic rings. The summed E-state index contributed by atoms with van der Waals surface area (Å²) in [6, 6.07) is 12.8. The first-order valence-corrected chi connectivity index (χ1v) is 12.7. The summed E-state index contributed by atoms with van der Waals surface area (Å²) >= 11 is 0. The molecule has 0 bridgehead atoms. The van der Waals surface area contributed by atoms with Crippen LogP contribution in [-0.4, -0.2) is 12.9 Å². The summed E-state index contributed by atoms with van der Waals surface area (Å²) in [5.74, 6) is 1.16. The van der Waals surface area contributed by atoms with Gasteiger partial charge < -0.3 is 4.74 Å². The molecule has 0 amide bonds. The first kappa shape index (κ1) is 25.6. The highest BCUT2D eigenvalue weighted by atomic mass is 31.1. The number of ketones is 1. The number of unbranched alkanes of at least 4 members (excludes halogenated alkanes) is 2. The number of carbonyl (C=O) groups excluding carboxylic acids is 1. The number of aryl methyl sites for hydroxylation is 1. The number of hydrogen-bond acceptors (Lipinski definition) is 2. The summed E-state index contributed by atoms with van der Waals surface area (Å²) in [7, 11) is 2.31. The van der Waals surface area contributed by atoms with Gasteiger partial charge in [-0.2, -0.15) is 0 Å². The van der Waals surface area contributed by atoms with E-state index in [0.29, 0.717) is 8.58 Å². The first-order chi connectivity index (χ1) is 14.6. The Balaban J connectivity index is 2.74. The number of Topliss-reactive ketones (excluding diaryl/α,β-unsaturated/α-hetero) is 1. The highest BCUT2D eigenvalue weighted by Crippen LogP contribution is 2.53. The van der Waals surface area contributed by atoms with Gasteiger partial charge in [0.15, 0.2) is 5.78 Å². The zero-order valence-corrected chi connectivity index (χ0v) is 21.8. The highest BCUT2D eigenvalue weighted by Gasteiger charge is 2.35. The smallest absolute Gasteiger partial charge is 0.160 e. The quantitative estimate of drug-likeness (QED) is 0.215. The van der Waals surface area contributed by atoms with E-state index in [1.807, 2.05) is 12.1 Å². The Bertz CT molecular complexity index is 894. The van der Waals surface area contributed by atoms with Gasteiger partial charge in [0.2, 0.25) is 0 Å². The van der Waals surface area contributed by atoms with Gasteiger partial charge in [-0.3, -0.25) is 4.79 Å². The minimum absolute atomic E-state index is 0.0436. The lowest BCUT2D eigenvalue weighted by atomic mass is 9.80. The molecule has 31 heavy (non-hydrogen) atoms. The largest absolute Gasteiger partial charge is 0.496 e. The normalized spacial score (nSPS) is 14.1. The molecule has 2 aromatic carbocycles. The van der Waals surface area contributed by atoms with Crippen LogP contribution in [0.5, 0.6) is 5.75 Å². The average Bonchev–Trinajstić information content (AvgIpc) is 2.72. The molecule has 0 aromatic heterocycles. The maximum Gasteiger partial charge on any atom is 0.160 e. The molecule has 2 aromatic rings. The summed E-state index contributed by atoms with van der Waals surface area (Å²) in [4.78, 5) is 12.4. The van der Waals surface area contributed by atoms with Gasteiger partial charge >= 0.3 is 0 Å². The van der Waals surface area contributed by atoms with Crippen LogP contribution in [0.15, 0.2) is 36.4 Å². The maximum absolute atomic E-state index is 12.4. The van der Waals surface area contributed by atoms with Crippen LogP contribution >= 0.6 is 8.58 Å². The van der Waals surface area contributed by atoms with Crippen molar-refractivity contribution in [1.82, 2.24) is 0 Å². The molecule has 2 rings (SSSR count). The third-order valence-electron chi connectivity index (χ3n) is 6.35. The molecule has 0 N–H and O–H groups in total. The number of carbonyl (C=O) groups is 1. The van der Waals surface area contributed by atoms with Crippen molar-refractivity contribution < 1.29 is 9.53 Å². The van der Waals surface area contributed by atoms with Crippen LogP contribution in [0, 0.1) is 6.92 Å². The van der Waals surface area contributed by atoms with Crippen LogP contribution in [-0.2, 0) is 10.6 Å². The second-order valence-electron chi connectivity index (χ2n) is 9.74. The van der Waals surface area contributed by atoms with Crippen molar-refractivity contribution in [2.24, 2.45) is 0 Å². The second-order valence-corrected chi connectivity index (χ2v) is 11.5. The summed E-state index contributed by atoms with van der Waals surface area (Å²) in [6.45, 7) is 15.2. The molecule has 0 aliphatic carbocycles. The number of hydrogen-bond donors (Lipinski definition) is 0.